The summed E-state index contributed by atoms with van der Waals surface area (Å²) in [5.41, 5.74) is 3.14. The highest BCUT2D eigenvalue weighted by molar-refractivity contribution is 5.43. The lowest BCUT2D eigenvalue weighted by molar-refractivity contribution is 1.04. The van der Waals surface area contributed by atoms with Gasteiger partial charge in [-0.15, -0.1) is 6.58 Å². The van der Waals surface area contributed by atoms with Gasteiger partial charge in [-0.3, -0.25) is 0 Å². The molecule has 0 aromatic heterocycles. The minimum Gasteiger partial charge on any atom is -0.102 e. The van der Waals surface area contributed by atoms with Crippen molar-refractivity contribution in [3.05, 3.63) is 23.8 Å². The molecule has 1 aliphatic rings. The van der Waals surface area contributed by atoms with Crippen LogP contribution in [0.25, 0.3) is 0 Å². The molecule has 1 aliphatic carbocycles. The Bertz CT molecular complexity index is 140. The van der Waals surface area contributed by atoms with Crippen LogP contribution < -0.4 is 0 Å². The second-order valence-corrected chi connectivity index (χ2v) is 2.28. The number of rotatable bonds is 2. The van der Waals surface area contributed by atoms with Crippen LogP contribution in [0, 0.1) is 5.92 Å². The maximum atomic E-state index is 3.73. The molecule has 0 aliphatic heterocycles. The van der Waals surface area contributed by atoms with Crippen molar-refractivity contribution in [1.29, 1.82) is 0 Å². The highest BCUT2D eigenvalue weighted by Gasteiger charge is 2.26. The molecule has 0 spiro atoms. The first-order chi connectivity index (χ1) is 3.81. The summed E-state index contributed by atoms with van der Waals surface area (Å²) in [6.07, 6.45) is 3.23. The summed E-state index contributed by atoms with van der Waals surface area (Å²) in [6, 6.07) is 0. The fraction of sp³-hybridized carbons (Fsp3) is 0.500. The third kappa shape index (κ3) is 0.605. The molecular weight excluding hydrogens is 96.1 g/mol. The Labute approximate surface area is 50.9 Å². The van der Waals surface area contributed by atoms with E-state index in [-0.39, 0.29) is 0 Å². The summed E-state index contributed by atoms with van der Waals surface area (Å²) in [6.45, 7) is 8.11. The van der Waals surface area contributed by atoms with Crippen LogP contribution in [0.2, 0.25) is 0 Å². The highest BCUT2D eigenvalue weighted by Crippen LogP contribution is 2.41. The third-order valence-corrected chi connectivity index (χ3v) is 1.88. The van der Waals surface area contributed by atoms with Crippen molar-refractivity contribution in [1.82, 2.24) is 0 Å². The summed E-state index contributed by atoms with van der Waals surface area (Å²) < 4.78 is 0. The molecule has 0 radical (unpaired) electrons. The third-order valence-electron chi connectivity index (χ3n) is 1.88. The molecule has 0 saturated carbocycles. The van der Waals surface area contributed by atoms with Gasteiger partial charge in [0.15, 0.2) is 0 Å². The van der Waals surface area contributed by atoms with Crippen LogP contribution in [0.5, 0.6) is 0 Å². The van der Waals surface area contributed by atoms with Crippen molar-refractivity contribution in [2.24, 2.45) is 5.92 Å². The second-order valence-electron chi connectivity index (χ2n) is 2.28. The van der Waals surface area contributed by atoms with Gasteiger partial charge >= 0.3 is 0 Å². The normalized spacial score (nSPS) is 26.0. The molecule has 8 heavy (non-hydrogen) atoms. The lowest BCUT2D eigenvalue weighted by Gasteiger charge is -1.82. The Hall–Kier alpha value is -0.520. The van der Waals surface area contributed by atoms with Crippen molar-refractivity contribution in [2.45, 2.75) is 20.3 Å². The van der Waals surface area contributed by atoms with Gasteiger partial charge in [-0.25, -0.2) is 0 Å². The Morgan fingerprint density at radius 2 is 2.38 bits per heavy atom. The zero-order valence-electron chi connectivity index (χ0n) is 5.57. The van der Waals surface area contributed by atoms with Crippen LogP contribution in [0.3, 0.4) is 0 Å². The zero-order valence-corrected chi connectivity index (χ0v) is 5.57. The SMILES string of the molecule is C=CC1C(C)=C1CC. The molecule has 0 aromatic rings. The molecule has 1 unspecified atom stereocenters. The minimum absolute atomic E-state index is 0.681. The van der Waals surface area contributed by atoms with E-state index in [1.807, 2.05) is 6.08 Å². The number of hydrogen-bond donors (Lipinski definition) is 0. The Kier molecular flexibility index (Phi) is 1.24. The van der Waals surface area contributed by atoms with Crippen molar-refractivity contribution >= 4 is 0 Å². The van der Waals surface area contributed by atoms with Crippen LogP contribution in [0.15, 0.2) is 23.8 Å². The molecule has 1 rings (SSSR count). The van der Waals surface area contributed by atoms with Gasteiger partial charge in [0.05, 0.1) is 0 Å². The van der Waals surface area contributed by atoms with Crippen LogP contribution in [0.1, 0.15) is 20.3 Å². The molecule has 1 atom stereocenters. The smallest absolute Gasteiger partial charge is 0.0187 e. The van der Waals surface area contributed by atoms with E-state index in [4.69, 9.17) is 0 Å². The van der Waals surface area contributed by atoms with E-state index < -0.39 is 0 Å². The van der Waals surface area contributed by atoms with Crippen LogP contribution in [-0.2, 0) is 0 Å². The quantitative estimate of drug-likeness (QED) is 0.477. The molecule has 0 bridgehead atoms. The average molecular weight is 108 g/mol. The Balaban J connectivity index is 2.48. The molecule has 0 aromatic carbocycles. The topological polar surface area (TPSA) is 0 Å². The molecule has 0 N–H and O–H groups in total. The summed E-state index contributed by atoms with van der Waals surface area (Å²) in [7, 11) is 0. The van der Waals surface area contributed by atoms with Crippen molar-refractivity contribution in [3.8, 4) is 0 Å². The molecule has 0 amide bonds. The Morgan fingerprint density at radius 3 is 2.50 bits per heavy atom. The van der Waals surface area contributed by atoms with Crippen LogP contribution >= 0.6 is 0 Å². The van der Waals surface area contributed by atoms with E-state index in [9.17, 15) is 0 Å². The van der Waals surface area contributed by atoms with E-state index in [0.717, 1.165) is 0 Å². The lowest BCUT2D eigenvalue weighted by atomic mass is 10.2. The summed E-state index contributed by atoms with van der Waals surface area (Å²) in [5.74, 6) is 0.681. The van der Waals surface area contributed by atoms with Gasteiger partial charge in [0.1, 0.15) is 0 Å². The molecule has 44 valence electrons. The van der Waals surface area contributed by atoms with E-state index in [0.29, 0.717) is 5.92 Å². The lowest BCUT2D eigenvalue weighted by Crippen LogP contribution is -1.70. The van der Waals surface area contributed by atoms with Gasteiger partial charge in [0.2, 0.25) is 0 Å². The van der Waals surface area contributed by atoms with Gasteiger partial charge in [-0.1, -0.05) is 24.1 Å². The zero-order chi connectivity index (χ0) is 6.15. The van der Waals surface area contributed by atoms with Crippen LogP contribution in [-0.4, -0.2) is 0 Å². The van der Waals surface area contributed by atoms with Crippen molar-refractivity contribution < 1.29 is 0 Å². The summed E-state index contributed by atoms with van der Waals surface area (Å²) in [4.78, 5) is 0. The number of hydrogen-bond acceptors (Lipinski definition) is 0. The van der Waals surface area contributed by atoms with Crippen LogP contribution in [0.4, 0.5) is 0 Å². The van der Waals surface area contributed by atoms with Gasteiger partial charge in [0.25, 0.3) is 0 Å². The number of allylic oxidation sites excluding steroid dienone is 3. The van der Waals surface area contributed by atoms with Crippen molar-refractivity contribution in [2.75, 3.05) is 0 Å². The summed E-state index contributed by atoms with van der Waals surface area (Å²) >= 11 is 0. The molecule has 0 fully saturated rings. The first-order valence-corrected chi connectivity index (χ1v) is 3.13. The van der Waals surface area contributed by atoms with Gasteiger partial charge < -0.3 is 0 Å². The highest BCUT2D eigenvalue weighted by atomic mass is 14.3. The molecule has 0 saturated heterocycles. The fourth-order valence-corrected chi connectivity index (χ4v) is 1.23. The van der Waals surface area contributed by atoms with E-state index in [2.05, 4.69) is 20.4 Å². The fourth-order valence-electron chi connectivity index (χ4n) is 1.23. The van der Waals surface area contributed by atoms with Crippen molar-refractivity contribution in [3.63, 3.8) is 0 Å². The molecule has 0 nitrogen and oxygen atoms in total. The minimum atomic E-state index is 0.681. The Morgan fingerprint density at radius 1 is 1.75 bits per heavy atom. The second kappa shape index (κ2) is 1.77. The average Bonchev–Trinajstić information content (AvgIpc) is 2.40. The molecule has 0 heterocycles. The standard InChI is InChI=1S/C8H12/c1-4-7-6(3)8(7)5-2/h4,7H,1,5H2,2-3H3. The van der Waals surface area contributed by atoms with E-state index in [1.165, 1.54) is 6.42 Å². The largest absolute Gasteiger partial charge is 0.102 e. The first kappa shape index (κ1) is 5.61. The summed E-state index contributed by atoms with van der Waals surface area (Å²) in [5, 5.41) is 0. The van der Waals surface area contributed by atoms with E-state index >= 15 is 0 Å². The van der Waals surface area contributed by atoms with Gasteiger partial charge in [0, 0.05) is 5.92 Å². The first-order valence-electron chi connectivity index (χ1n) is 3.13. The predicted molar refractivity (Wildman–Crippen MR) is 36.7 cm³/mol. The molecule has 0 heteroatoms. The monoisotopic (exact) mass is 108 g/mol. The predicted octanol–water partition coefficient (Wildman–Crippen LogP) is 2.53. The maximum absolute atomic E-state index is 3.73. The maximum Gasteiger partial charge on any atom is 0.0187 e. The van der Waals surface area contributed by atoms with Gasteiger partial charge in [-0.2, -0.15) is 0 Å². The van der Waals surface area contributed by atoms with Gasteiger partial charge in [-0.05, 0) is 13.3 Å². The van der Waals surface area contributed by atoms with E-state index in [1.54, 1.807) is 11.1 Å². The molecular formula is C8H12.